The van der Waals surface area contributed by atoms with Crippen molar-refractivity contribution in [3.63, 3.8) is 0 Å². The maximum Gasteiger partial charge on any atom is 0.339 e. The van der Waals surface area contributed by atoms with Gasteiger partial charge in [0.1, 0.15) is 11.3 Å². The molecule has 0 unspecified atom stereocenters. The molecule has 1 aromatic carbocycles. The summed E-state index contributed by atoms with van der Waals surface area (Å²) in [6, 6.07) is 1.51. The summed E-state index contributed by atoms with van der Waals surface area (Å²) in [7, 11) is 0. The number of aryl methyl sites for hydroxylation is 1. The van der Waals surface area contributed by atoms with E-state index in [1.807, 2.05) is 0 Å². The van der Waals surface area contributed by atoms with Crippen LogP contribution in [-0.2, 0) is 22.4 Å². The lowest BCUT2D eigenvalue weighted by molar-refractivity contribution is -0.132. The minimum Gasteiger partial charge on any atom is -0.478 e. The molecule has 0 aromatic heterocycles. The molecule has 0 amide bonds. The van der Waals surface area contributed by atoms with Gasteiger partial charge in [-0.3, -0.25) is 9.59 Å². The third-order valence-corrected chi connectivity index (χ3v) is 2.87. The number of carboxylic acids is 1. The van der Waals surface area contributed by atoms with E-state index >= 15 is 0 Å². The molecule has 0 atom stereocenters. The highest BCUT2D eigenvalue weighted by Gasteiger charge is 2.25. The van der Waals surface area contributed by atoms with Crippen LogP contribution in [0.2, 0.25) is 0 Å². The molecule has 0 fully saturated rings. The van der Waals surface area contributed by atoms with Crippen molar-refractivity contribution in [2.75, 3.05) is 0 Å². The number of aromatic carboxylic acids is 1. The molecule has 6 heteroatoms. The van der Waals surface area contributed by atoms with Gasteiger partial charge in [-0.2, -0.15) is 0 Å². The van der Waals surface area contributed by atoms with Gasteiger partial charge in [-0.25, -0.2) is 4.79 Å². The lowest BCUT2D eigenvalue weighted by Gasteiger charge is -2.17. The Balaban J connectivity index is 3.67. The fourth-order valence-electron chi connectivity index (χ4n) is 2.08. The first-order chi connectivity index (χ1) is 9.81. The average Bonchev–Trinajstić information content (AvgIpc) is 2.36. The maximum absolute atomic E-state index is 11.5. The maximum atomic E-state index is 11.5. The van der Waals surface area contributed by atoms with E-state index in [2.05, 4.69) is 0 Å². The van der Waals surface area contributed by atoms with Crippen LogP contribution in [0.5, 0.6) is 11.5 Å². The zero-order valence-corrected chi connectivity index (χ0v) is 12.5. The van der Waals surface area contributed by atoms with Gasteiger partial charge in [-0.05, 0) is 24.5 Å². The number of hydrogen-bond donors (Lipinski definition) is 1. The van der Waals surface area contributed by atoms with Crippen LogP contribution in [-0.4, -0.2) is 23.0 Å². The van der Waals surface area contributed by atoms with Crippen LogP contribution in [0.1, 0.15) is 49.2 Å². The van der Waals surface area contributed by atoms with Crippen LogP contribution in [0.4, 0.5) is 0 Å². The topological polar surface area (TPSA) is 89.9 Å². The van der Waals surface area contributed by atoms with Gasteiger partial charge in [-0.15, -0.1) is 0 Å². The summed E-state index contributed by atoms with van der Waals surface area (Å²) < 4.78 is 10.2. The third kappa shape index (κ3) is 3.81. The Bertz CT molecular complexity index is 588. The lowest BCUT2D eigenvalue weighted by atomic mass is 9.97. The first-order valence-electron chi connectivity index (χ1n) is 6.60. The number of carboxylic acid groups (broad SMARTS) is 1. The largest absolute Gasteiger partial charge is 0.478 e. The summed E-state index contributed by atoms with van der Waals surface area (Å²) >= 11 is 0. The molecule has 0 heterocycles. The smallest absolute Gasteiger partial charge is 0.339 e. The number of rotatable bonds is 5. The Morgan fingerprint density at radius 2 is 1.62 bits per heavy atom. The minimum absolute atomic E-state index is 0.0481. The third-order valence-electron chi connectivity index (χ3n) is 2.87. The monoisotopic (exact) mass is 294 g/mol. The molecule has 0 spiro atoms. The van der Waals surface area contributed by atoms with E-state index in [-0.39, 0.29) is 17.1 Å². The summed E-state index contributed by atoms with van der Waals surface area (Å²) in [5, 5.41) is 9.38. The van der Waals surface area contributed by atoms with Gasteiger partial charge in [-0.1, -0.05) is 13.8 Å². The molecule has 0 aliphatic rings. The molecule has 21 heavy (non-hydrogen) atoms. The van der Waals surface area contributed by atoms with Gasteiger partial charge >= 0.3 is 17.9 Å². The Labute approximate surface area is 122 Å². The van der Waals surface area contributed by atoms with Crippen LogP contribution >= 0.6 is 0 Å². The molecule has 0 saturated heterocycles. The summed E-state index contributed by atoms with van der Waals surface area (Å²) in [5.41, 5.74) is 0.752. The standard InChI is InChI=1S/C15H18O6/c1-5-10-7-12(20-8(3)16)11(6-2)14(21-9(4)17)13(10)15(18)19/h7H,5-6H2,1-4H3,(H,18,19). The number of hydrogen-bond acceptors (Lipinski definition) is 5. The average molecular weight is 294 g/mol. The SMILES string of the molecule is CCc1cc(OC(C)=O)c(CC)c(OC(C)=O)c1C(=O)O. The van der Waals surface area contributed by atoms with Crippen molar-refractivity contribution >= 4 is 17.9 Å². The minimum atomic E-state index is -1.19. The highest BCUT2D eigenvalue weighted by atomic mass is 16.5. The fourth-order valence-corrected chi connectivity index (χ4v) is 2.08. The molecule has 0 saturated carbocycles. The molecule has 114 valence electrons. The first-order valence-corrected chi connectivity index (χ1v) is 6.60. The molecule has 0 aliphatic carbocycles. The van der Waals surface area contributed by atoms with Crippen molar-refractivity contribution < 1.29 is 29.0 Å². The second kappa shape index (κ2) is 6.88. The van der Waals surface area contributed by atoms with E-state index in [1.54, 1.807) is 13.8 Å². The van der Waals surface area contributed by atoms with Crippen molar-refractivity contribution in [2.24, 2.45) is 0 Å². The predicted octanol–water partition coefficient (Wildman–Crippen LogP) is 2.36. The summed E-state index contributed by atoms with van der Waals surface area (Å²) in [5.74, 6) is -2.17. The molecular weight excluding hydrogens is 276 g/mol. The quantitative estimate of drug-likeness (QED) is 0.662. The Morgan fingerprint density at radius 3 is 2.00 bits per heavy atom. The highest BCUT2D eigenvalue weighted by molar-refractivity contribution is 5.95. The van der Waals surface area contributed by atoms with Crippen LogP contribution in [0.15, 0.2) is 6.07 Å². The van der Waals surface area contributed by atoms with Gasteiger partial charge < -0.3 is 14.6 Å². The van der Waals surface area contributed by atoms with Crippen molar-refractivity contribution in [1.82, 2.24) is 0 Å². The van der Waals surface area contributed by atoms with Gasteiger partial charge in [0.05, 0.1) is 0 Å². The zero-order chi connectivity index (χ0) is 16.2. The van der Waals surface area contributed by atoms with Gasteiger partial charge in [0.2, 0.25) is 0 Å². The molecule has 1 rings (SSSR count). The molecule has 1 N–H and O–H groups in total. The van der Waals surface area contributed by atoms with E-state index in [1.165, 1.54) is 19.9 Å². The van der Waals surface area contributed by atoms with Crippen molar-refractivity contribution in [3.8, 4) is 11.5 Å². The Kier molecular flexibility index (Phi) is 5.46. The van der Waals surface area contributed by atoms with Gasteiger partial charge in [0.15, 0.2) is 5.75 Å². The number of esters is 2. The lowest BCUT2D eigenvalue weighted by Crippen LogP contribution is -2.14. The van der Waals surface area contributed by atoms with Crippen molar-refractivity contribution in [2.45, 2.75) is 40.5 Å². The Morgan fingerprint density at radius 1 is 1.05 bits per heavy atom. The predicted molar refractivity (Wildman–Crippen MR) is 74.8 cm³/mol. The van der Waals surface area contributed by atoms with E-state index in [0.29, 0.717) is 24.0 Å². The molecule has 0 aliphatic heterocycles. The summed E-state index contributed by atoms with van der Waals surface area (Å²) in [6.45, 7) is 5.96. The number of ether oxygens (including phenoxy) is 2. The number of carbonyl (C=O) groups is 3. The van der Waals surface area contributed by atoms with Crippen LogP contribution in [0, 0.1) is 0 Å². The number of benzene rings is 1. The van der Waals surface area contributed by atoms with Gasteiger partial charge in [0, 0.05) is 19.4 Å². The van der Waals surface area contributed by atoms with Crippen molar-refractivity contribution in [1.29, 1.82) is 0 Å². The molecule has 6 nitrogen and oxygen atoms in total. The fraction of sp³-hybridized carbons (Fsp3) is 0.400. The second-order valence-electron chi connectivity index (χ2n) is 4.42. The highest BCUT2D eigenvalue weighted by Crippen LogP contribution is 2.36. The molecule has 1 aromatic rings. The van der Waals surface area contributed by atoms with Crippen LogP contribution < -0.4 is 9.47 Å². The second-order valence-corrected chi connectivity index (χ2v) is 4.42. The molecule has 0 bridgehead atoms. The molecule has 0 radical (unpaired) electrons. The summed E-state index contributed by atoms with van der Waals surface area (Å²) in [4.78, 5) is 33.9. The van der Waals surface area contributed by atoms with E-state index in [0.717, 1.165) is 0 Å². The normalized spacial score (nSPS) is 10.1. The zero-order valence-electron chi connectivity index (χ0n) is 12.5. The van der Waals surface area contributed by atoms with Crippen LogP contribution in [0.25, 0.3) is 0 Å². The van der Waals surface area contributed by atoms with E-state index in [9.17, 15) is 19.5 Å². The van der Waals surface area contributed by atoms with E-state index in [4.69, 9.17) is 9.47 Å². The van der Waals surface area contributed by atoms with Gasteiger partial charge in [0.25, 0.3) is 0 Å². The van der Waals surface area contributed by atoms with E-state index < -0.39 is 17.9 Å². The first kappa shape index (κ1) is 16.7. The number of carbonyl (C=O) groups excluding carboxylic acids is 2. The van der Waals surface area contributed by atoms with Crippen molar-refractivity contribution in [3.05, 3.63) is 22.8 Å². The van der Waals surface area contributed by atoms with Crippen LogP contribution in [0.3, 0.4) is 0 Å². The summed E-state index contributed by atoms with van der Waals surface area (Å²) in [6.07, 6.45) is 0.754. The molecular formula is C15H18O6. The Hall–Kier alpha value is -2.37.